The van der Waals surface area contributed by atoms with Crippen LogP contribution in [0.2, 0.25) is 0 Å². The van der Waals surface area contributed by atoms with E-state index in [-0.39, 0.29) is 12.5 Å². The summed E-state index contributed by atoms with van der Waals surface area (Å²) >= 11 is 1.38. The summed E-state index contributed by atoms with van der Waals surface area (Å²) in [5.74, 6) is -4.93. The van der Waals surface area contributed by atoms with Crippen molar-refractivity contribution in [1.82, 2.24) is 9.80 Å². The van der Waals surface area contributed by atoms with Crippen molar-refractivity contribution in [3.8, 4) is 0 Å². The average Bonchev–Trinajstić information content (AvgIpc) is 3.17. The number of anilines is 1. The third-order valence-corrected chi connectivity index (χ3v) is 4.93. The number of thiophene rings is 1. The van der Waals surface area contributed by atoms with Gasteiger partial charge in [0.25, 0.3) is 5.91 Å². The van der Waals surface area contributed by atoms with Crippen LogP contribution in [-0.2, 0) is 4.79 Å². The lowest BCUT2D eigenvalue weighted by atomic mass is 10.2. The number of carbonyl (C=O) groups excluding carboxylic acids is 2. The molecule has 0 radical (unpaired) electrons. The Hall–Kier alpha value is -2.39. The highest BCUT2D eigenvalue weighted by Gasteiger charge is 2.24. The van der Waals surface area contributed by atoms with Crippen LogP contribution in [0.25, 0.3) is 0 Å². The predicted molar refractivity (Wildman–Crippen MR) is 91.6 cm³/mol. The number of halogens is 3. The smallest absolute Gasteiger partial charge is 0.264 e. The monoisotopic (exact) mass is 383 g/mol. The van der Waals surface area contributed by atoms with Crippen molar-refractivity contribution in [2.24, 2.45) is 0 Å². The Kier molecular flexibility index (Phi) is 5.58. The number of nitrogens with zero attached hydrogens (tertiary/aromatic N) is 2. The third-order valence-electron chi connectivity index (χ3n) is 4.07. The summed E-state index contributed by atoms with van der Waals surface area (Å²) in [6.07, 6.45) is 0. The van der Waals surface area contributed by atoms with E-state index in [1.165, 1.54) is 11.3 Å². The van der Waals surface area contributed by atoms with Gasteiger partial charge in [-0.3, -0.25) is 14.5 Å². The van der Waals surface area contributed by atoms with Gasteiger partial charge >= 0.3 is 0 Å². The van der Waals surface area contributed by atoms with Gasteiger partial charge in [0.05, 0.1) is 17.1 Å². The number of nitrogens with one attached hydrogen (secondary N) is 1. The van der Waals surface area contributed by atoms with Crippen molar-refractivity contribution in [3.05, 3.63) is 52.0 Å². The summed E-state index contributed by atoms with van der Waals surface area (Å²) in [6.45, 7) is 1.90. The largest absolute Gasteiger partial charge is 0.335 e. The minimum atomic E-state index is -1.62. The van der Waals surface area contributed by atoms with Crippen LogP contribution in [-0.4, -0.2) is 54.3 Å². The molecule has 3 rings (SSSR count). The van der Waals surface area contributed by atoms with E-state index in [4.69, 9.17) is 0 Å². The molecule has 9 heteroatoms. The molecule has 0 spiro atoms. The molecular weight excluding hydrogens is 367 g/mol. The van der Waals surface area contributed by atoms with Gasteiger partial charge < -0.3 is 10.2 Å². The van der Waals surface area contributed by atoms with Crippen molar-refractivity contribution in [3.63, 3.8) is 0 Å². The van der Waals surface area contributed by atoms with Gasteiger partial charge in [0, 0.05) is 26.2 Å². The van der Waals surface area contributed by atoms with E-state index in [2.05, 4.69) is 5.32 Å². The molecule has 0 saturated carbocycles. The van der Waals surface area contributed by atoms with Gasteiger partial charge in [0.15, 0.2) is 17.5 Å². The topological polar surface area (TPSA) is 52.7 Å². The molecular formula is C17H16F3N3O2S. The van der Waals surface area contributed by atoms with Crippen molar-refractivity contribution in [2.75, 3.05) is 38.0 Å². The standard InChI is InChI=1S/C17H16F3N3O2S/c18-11-3-4-12(16(20)15(11)19)21-14(24)10-22-5-7-23(8-6-22)17(25)13-2-1-9-26-13/h1-4,9H,5-8,10H2,(H,21,24). The van der Waals surface area contributed by atoms with Crippen LogP contribution in [0.5, 0.6) is 0 Å². The SMILES string of the molecule is O=C(CN1CCN(C(=O)c2cccs2)CC1)Nc1ccc(F)c(F)c1F. The predicted octanol–water partition coefficient (Wildman–Crippen LogP) is 2.56. The maximum atomic E-state index is 13.6. The lowest BCUT2D eigenvalue weighted by Crippen LogP contribution is -2.50. The molecule has 1 saturated heterocycles. The van der Waals surface area contributed by atoms with Crippen LogP contribution in [0, 0.1) is 17.5 Å². The first kappa shape index (κ1) is 18.4. The van der Waals surface area contributed by atoms with Crippen molar-refractivity contribution >= 4 is 28.8 Å². The van der Waals surface area contributed by atoms with E-state index >= 15 is 0 Å². The Balaban J connectivity index is 1.51. The molecule has 0 atom stereocenters. The second kappa shape index (κ2) is 7.88. The van der Waals surface area contributed by atoms with Gasteiger partial charge in [-0.05, 0) is 23.6 Å². The highest BCUT2D eigenvalue weighted by molar-refractivity contribution is 7.12. The Labute approximate surface area is 152 Å². The van der Waals surface area contributed by atoms with Gasteiger partial charge in [-0.25, -0.2) is 13.2 Å². The number of hydrogen-bond acceptors (Lipinski definition) is 4. The van der Waals surface area contributed by atoms with Crippen molar-refractivity contribution < 1.29 is 22.8 Å². The highest BCUT2D eigenvalue weighted by Crippen LogP contribution is 2.19. The van der Waals surface area contributed by atoms with E-state index in [1.807, 2.05) is 16.3 Å². The fraction of sp³-hybridized carbons (Fsp3) is 0.294. The lowest BCUT2D eigenvalue weighted by Gasteiger charge is -2.34. The van der Waals surface area contributed by atoms with Crippen LogP contribution < -0.4 is 5.32 Å². The number of hydrogen-bond donors (Lipinski definition) is 1. The minimum absolute atomic E-state index is 0.0283. The maximum Gasteiger partial charge on any atom is 0.264 e. The minimum Gasteiger partial charge on any atom is -0.335 e. The number of rotatable bonds is 4. The summed E-state index contributed by atoms with van der Waals surface area (Å²) in [5.41, 5.74) is -0.402. The fourth-order valence-corrected chi connectivity index (χ4v) is 3.37. The summed E-state index contributed by atoms with van der Waals surface area (Å²) in [7, 11) is 0. The molecule has 0 aliphatic carbocycles. The molecule has 1 aliphatic rings. The highest BCUT2D eigenvalue weighted by atomic mass is 32.1. The Morgan fingerprint density at radius 3 is 2.42 bits per heavy atom. The molecule has 2 amide bonds. The van der Waals surface area contributed by atoms with E-state index in [0.29, 0.717) is 31.1 Å². The summed E-state index contributed by atoms with van der Waals surface area (Å²) in [6, 6.07) is 5.31. The molecule has 1 aromatic carbocycles. The van der Waals surface area contributed by atoms with Crippen LogP contribution in [0.15, 0.2) is 29.6 Å². The number of carbonyl (C=O) groups is 2. The van der Waals surface area contributed by atoms with E-state index in [9.17, 15) is 22.8 Å². The first-order valence-corrected chi connectivity index (χ1v) is 8.82. The first-order valence-electron chi connectivity index (χ1n) is 7.94. The summed E-state index contributed by atoms with van der Waals surface area (Å²) < 4.78 is 39.7. The third kappa shape index (κ3) is 4.05. The second-order valence-electron chi connectivity index (χ2n) is 5.82. The molecule has 5 nitrogen and oxygen atoms in total. The molecule has 1 aliphatic heterocycles. The van der Waals surface area contributed by atoms with Gasteiger partial charge in [0.2, 0.25) is 5.91 Å². The van der Waals surface area contributed by atoms with Crippen LogP contribution >= 0.6 is 11.3 Å². The van der Waals surface area contributed by atoms with Gasteiger partial charge in [-0.1, -0.05) is 6.07 Å². The number of amides is 2. The van der Waals surface area contributed by atoms with Crippen molar-refractivity contribution in [1.29, 1.82) is 0 Å². The van der Waals surface area contributed by atoms with Crippen molar-refractivity contribution in [2.45, 2.75) is 0 Å². The molecule has 1 N–H and O–H groups in total. The quantitative estimate of drug-likeness (QED) is 0.826. The Bertz CT molecular complexity index is 806. The van der Waals surface area contributed by atoms with Crippen LogP contribution in [0.1, 0.15) is 9.67 Å². The molecule has 0 unspecified atom stereocenters. The number of benzene rings is 1. The average molecular weight is 383 g/mol. The van der Waals surface area contributed by atoms with Crippen LogP contribution in [0.4, 0.5) is 18.9 Å². The molecule has 1 aromatic heterocycles. The van der Waals surface area contributed by atoms with Gasteiger partial charge in [0.1, 0.15) is 0 Å². The normalized spacial score (nSPS) is 15.1. The first-order chi connectivity index (χ1) is 12.5. The van der Waals surface area contributed by atoms with Gasteiger partial charge in [-0.15, -0.1) is 11.3 Å². The molecule has 2 aromatic rings. The lowest BCUT2D eigenvalue weighted by molar-refractivity contribution is -0.117. The molecule has 2 heterocycles. The molecule has 0 bridgehead atoms. The number of piperazine rings is 1. The molecule has 138 valence electrons. The Morgan fingerprint density at radius 1 is 1.04 bits per heavy atom. The second-order valence-corrected chi connectivity index (χ2v) is 6.76. The van der Waals surface area contributed by atoms with E-state index < -0.39 is 29.0 Å². The van der Waals surface area contributed by atoms with Gasteiger partial charge in [-0.2, -0.15) is 0 Å². The van der Waals surface area contributed by atoms with E-state index in [1.54, 1.807) is 11.0 Å². The van der Waals surface area contributed by atoms with Crippen LogP contribution in [0.3, 0.4) is 0 Å². The Morgan fingerprint density at radius 2 is 1.77 bits per heavy atom. The maximum absolute atomic E-state index is 13.6. The zero-order valence-electron chi connectivity index (χ0n) is 13.7. The molecule has 1 fully saturated rings. The fourth-order valence-electron chi connectivity index (χ4n) is 2.68. The molecule has 26 heavy (non-hydrogen) atoms. The summed E-state index contributed by atoms with van der Waals surface area (Å²) in [5, 5.41) is 4.08. The summed E-state index contributed by atoms with van der Waals surface area (Å²) in [4.78, 5) is 28.5. The zero-order chi connectivity index (χ0) is 18.7. The zero-order valence-corrected chi connectivity index (χ0v) is 14.5. The van der Waals surface area contributed by atoms with E-state index in [0.717, 1.165) is 12.1 Å².